The minimum Gasteiger partial charge on any atom is -0.466 e. The minimum atomic E-state index is -0.434. The van der Waals surface area contributed by atoms with Crippen molar-refractivity contribution in [2.24, 2.45) is 5.92 Å². The molecule has 0 aliphatic carbocycles. The van der Waals surface area contributed by atoms with Crippen LogP contribution in [-0.4, -0.2) is 18.5 Å². The Morgan fingerprint density at radius 1 is 0.846 bits per heavy atom. The van der Waals surface area contributed by atoms with Crippen molar-refractivity contribution in [1.82, 2.24) is 0 Å². The molecule has 0 amide bonds. The molecule has 0 aromatic heterocycles. The summed E-state index contributed by atoms with van der Waals surface area (Å²) in [7, 11) is 0. The summed E-state index contributed by atoms with van der Waals surface area (Å²) < 4.78 is 10.4. The Morgan fingerprint density at radius 3 is 2.12 bits per heavy atom. The van der Waals surface area contributed by atoms with Crippen molar-refractivity contribution in [2.75, 3.05) is 6.61 Å². The average molecular weight is 354 g/mol. The van der Waals surface area contributed by atoms with Gasteiger partial charge in [-0.05, 0) is 42.0 Å². The first-order chi connectivity index (χ1) is 12.5. The monoisotopic (exact) mass is 354 g/mol. The summed E-state index contributed by atoms with van der Waals surface area (Å²) in [5.74, 6) is 0.277. The molecule has 26 heavy (non-hydrogen) atoms. The SMILES string of the molecule is CC(C)CCCOC(=O)CCC(=O)Oc1ccc(-c2ccccc2)cc1. The molecule has 0 aliphatic heterocycles. The van der Waals surface area contributed by atoms with Gasteiger partial charge in [0.1, 0.15) is 5.75 Å². The quantitative estimate of drug-likeness (QED) is 0.360. The van der Waals surface area contributed by atoms with Gasteiger partial charge in [-0.3, -0.25) is 9.59 Å². The summed E-state index contributed by atoms with van der Waals surface area (Å²) in [4.78, 5) is 23.5. The van der Waals surface area contributed by atoms with Crippen LogP contribution in [0.1, 0.15) is 39.5 Å². The van der Waals surface area contributed by atoms with Gasteiger partial charge in [-0.2, -0.15) is 0 Å². The first-order valence-electron chi connectivity index (χ1n) is 9.06. The molecule has 0 spiro atoms. The molecule has 0 unspecified atom stereocenters. The number of hydrogen-bond acceptors (Lipinski definition) is 4. The van der Waals surface area contributed by atoms with Gasteiger partial charge in [0.2, 0.25) is 0 Å². The zero-order valence-corrected chi connectivity index (χ0v) is 15.4. The summed E-state index contributed by atoms with van der Waals surface area (Å²) >= 11 is 0. The summed E-state index contributed by atoms with van der Waals surface area (Å²) in [6.45, 7) is 4.67. The van der Waals surface area contributed by atoms with Crippen molar-refractivity contribution in [3.05, 3.63) is 54.6 Å². The maximum atomic E-state index is 11.9. The normalized spacial score (nSPS) is 10.6. The standard InChI is InChI=1S/C22H26O4/c1-17(2)7-6-16-25-21(23)14-15-22(24)26-20-12-10-19(11-13-20)18-8-4-3-5-9-18/h3-5,8-13,17H,6-7,14-16H2,1-2H3. The van der Waals surface area contributed by atoms with E-state index in [0.29, 0.717) is 18.3 Å². The van der Waals surface area contributed by atoms with Crippen LogP contribution >= 0.6 is 0 Å². The highest BCUT2D eigenvalue weighted by atomic mass is 16.5. The largest absolute Gasteiger partial charge is 0.466 e. The van der Waals surface area contributed by atoms with Crippen molar-refractivity contribution in [3.63, 3.8) is 0 Å². The molecule has 0 radical (unpaired) electrons. The molecule has 0 heterocycles. The molecule has 0 atom stereocenters. The Balaban J connectivity index is 1.71. The molecule has 0 fully saturated rings. The number of ether oxygens (including phenoxy) is 2. The van der Waals surface area contributed by atoms with E-state index >= 15 is 0 Å². The van der Waals surface area contributed by atoms with E-state index in [1.54, 1.807) is 12.1 Å². The Labute approximate surface area is 155 Å². The van der Waals surface area contributed by atoms with E-state index in [1.165, 1.54) is 0 Å². The lowest BCUT2D eigenvalue weighted by molar-refractivity contribution is -0.147. The lowest BCUT2D eigenvalue weighted by Crippen LogP contribution is -2.13. The fourth-order valence-electron chi connectivity index (χ4n) is 2.48. The van der Waals surface area contributed by atoms with Gasteiger partial charge in [0.05, 0.1) is 19.4 Å². The predicted molar refractivity (Wildman–Crippen MR) is 102 cm³/mol. The molecule has 0 saturated heterocycles. The first-order valence-corrected chi connectivity index (χ1v) is 9.06. The third kappa shape index (κ3) is 7.09. The lowest BCUT2D eigenvalue weighted by atomic mass is 10.1. The minimum absolute atomic E-state index is 0.0173. The van der Waals surface area contributed by atoms with Gasteiger partial charge in [0, 0.05) is 0 Å². The molecular weight excluding hydrogens is 328 g/mol. The van der Waals surface area contributed by atoms with Gasteiger partial charge in [-0.1, -0.05) is 56.3 Å². The Hall–Kier alpha value is -2.62. The fraction of sp³-hybridized carbons (Fsp3) is 0.364. The van der Waals surface area contributed by atoms with E-state index in [2.05, 4.69) is 13.8 Å². The maximum absolute atomic E-state index is 11.9. The number of rotatable bonds is 9. The molecule has 138 valence electrons. The van der Waals surface area contributed by atoms with Gasteiger partial charge in [-0.25, -0.2) is 0 Å². The van der Waals surface area contributed by atoms with Crippen LogP contribution in [0.5, 0.6) is 5.75 Å². The van der Waals surface area contributed by atoms with E-state index in [-0.39, 0.29) is 18.8 Å². The third-order valence-electron chi connectivity index (χ3n) is 3.92. The highest BCUT2D eigenvalue weighted by molar-refractivity contribution is 5.79. The molecular formula is C22H26O4. The van der Waals surface area contributed by atoms with E-state index in [0.717, 1.165) is 24.0 Å². The van der Waals surface area contributed by atoms with Crippen molar-refractivity contribution in [1.29, 1.82) is 0 Å². The van der Waals surface area contributed by atoms with Gasteiger partial charge >= 0.3 is 11.9 Å². The number of carbonyl (C=O) groups is 2. The Bertz CT molecular complexity index is 690. The van der Waals surface area contributed by atoms with E-state index in [9.17, 15) is 9.59 Å². The second kappa shape index (κ2) is 10.4. The molecule has 0 aliphatic rings. The lowest BCUT2D eigenvalue weighted by Gasteiger charge is -2.07. The van der Waals surface area contributed by atoms with Crippen LogP contribution in [0, 0.1) is 5.92 Å². The van der Waals surface area contributed by atoms with E-state index in [4.69, 9.17) is 9.47 Å². The molecule has 4 nitrogen and oxygen atoms in total. The Morgan fingerprint density at radius 2 is 1.46 bits per heavy atom. The van der Waals surface area contributed by atoms with Gasteiger partial charge in [0.15, 0.2) is 0 Å². The van der Waals surface area contributed by atoms with Crippen molar-refractivity contribution in [3.8, 4) is 16.9 Å². The highest BCUT2D eigenvalue weighted by Gasteiger charge is 2.10. The summed E-state index contributed by atoms with van der Waals surface area (Å²) in [6.07, 6.45) is 1.93. The number of esters is 2. The van der Waals surface area contributed by atoms with Crippen LogP contribution in [-0.2, 0) is 14.3 Å². The van der Waals surface area contributed by atoms with Crippen LogP contribution in [0.25, 0.3) is 11.1 Å². The van der Waals surface area contributed by atoms with Crippen LogP contribution in [0.15, 0.2) is 54.6 Å². The van der Waals surface area contributed by atoms with Crippen LogP contribution in [0.2, 0.25) is 0 Å². The predicted octanol–water partition coefficient (Wildman–Crippen LogP) is 5.02. The zero-order chi connectivity index (χ0) is 18.8. The summed E-state index contributed by atoms with van der Waals surface area (Å²) in [5, 5.41) is 0. The summed E-state index contributed by atoms with van der Waals surface area (Å²) in [5.41, 5.74) is 2.15. The molecule has 0 bridgehead atoms. The van der Waals surface area contributed by atoms with Gasteiger partial charge in [-0.15, -0.1) is 0 Å². The molecule has 2 aromatic rings. The average Bonchev–Trinajstić information content (AvgIpc) is 2.65. The van der Waals surface area contributed by atoms with E-state index in [1.807, 2.05) is 42.5 Å². The molecule has 2 aromatic carbocycles. The highest BCUT2D eigenvalue weighted by Crippen LogP contribution is 2.22. The van der Waals surface area contributed by atoms with Crippen LogP contribution in [0.4, 0.5) is 0 Å². The zero-order valence-electron chi connectivity index (χ0n) is 15.4. The molecule has 0 N–H and O–H groups in total. The van der Waals surface area contributed by atoms with Crippen molar-refractivity contribution in [2.45, 2.75) is 39.5 Å². The Kier molecular flexibility index (Phi) is 7.87. The molecule has 4 heteroatoms. The van der Waals surface area contributed by atoms with E-state index < -0.39 is 5.97 Å². The molecule has 0 saturated carbocycles. The topological polar surface area (TPSA) is 52.6 Å². The maximum Gasteiger partial charge on any atom is 0.311 e. The number of hydrogen-bond donors (Lipinski definition) is 0. The second-order valence-corrected chi connectivity index (χ2v) is 6.62. The fourth-order valence-corrected chi connectivity index (χ4v) is 2.48. The van der Waals surface area contributed by atoms with Crippen molar-refractivity contribution >= 4 is 11.9 Å². The van der Waals surface area contributed by atoms with Crippen molar-refractivity contribution < 1.29 is 19.1 Å². The smallest absolute Gasteiger partial charge is 0.311 e. The van der Waals surface area contributed by atoms with Gasteiger partial charge in [0.25, 0.3) is 0 Å². The van der Waals surface area contributed by atoms with Crippen LogP contribution in [0.3, 0.4) is 0 Å². The molecule has 2 rings (SSSR count). The second-order valence-electron chi connectivity index (χ2n) is 6.62. The first kappa shape index (κ1) is 19.7. The third-order valence-corrected chi connectivity index (χ3v) is 3.92. The number of benzene rings is 2. The van der Waals surface area contributed by atoms with Gasteiger partial charge < -0.3 is 9.47 Å². The summed E-state index contributed by atoms with van der Waals surface area (Å²) in [6, 6.07) is 17.3. The van der Waals surface area contributed by atoms with Crippen LogP contribution < -0.4 is 4.74 Å². The number of carbonyl (C=O) groups excluding carboxylic acids is 2.